The third-order valence-electron chi connectivity index (χ3n) is 3.59. The summed E-state index contributed by atoms with van der Waals surface area (Å²) in [5.74, 6) is 0.982. The minimum Gasteiger partial charge on any atom is -0.467 e. The van der Waals surface area contributed by atoms with Crippen molar-refractivity contribution in [1.29, 1.82) is 0 Å². The molecule has 1 saturated carbocycles. The zero-order valence-corrected chi connectivity index (χ0v) is 12.7. The van der Waals surface area contributed by atoms with Crippen LogP contribution in [0.3, 0.4) is 0 Å². The Balaban J connectivity index is 1.72. The van der Waals surface area contributed by atoms with Crippen LogP contribution < -0.4 is 5.32 Å². The molecule has 0 bridgehead atoms. The molecule has 0 aromatic carbocycles. The van der Waals surface area contributed by atoms with Gasteiger partial charge in [-0.15, -0.1) is 0 Å². The Kier molecular flexibility index (Phi) is 5.45. The molecule has 19 heavy (non-hydrogen) atoms. The smallest absolute Gasteiger partial charge is 0.308 e. The standard InChI is InChI=1S/C14H20BrNO3/c1-2-18-14(17)10-3-5-11(6-4-10)16-9-13-12(15)7-8-19-13/h7-8,10-11,16H,2-6,9H2,1H3. The van der Waals surface area contributed by atoms with Gasteiger partial charge < -0.3 is 14.5 Å². The van der Waals surface area contributed by atoms with E-state index >= 15 is 0 Å². The van der Waals surface area contributed by atoms with Crippen LogP contribution in [0.5, 0.6) is 0 Å². The summed E-state index contributed by atoms with van der Waals surface area (Å²) in [6.07, 6.45) is 5.54. The Morgan fingerprint density at radius 3 is 2.79 bits per heavy atom. The second-order valence-corrected chi connectivity index (χ2v) is 5.73. The first kappa shape index (κ1) is 14.6. The lowest BCUT2D eigenvalue weighted by Gasteiger charge is -2.27. The summed E-state index contributed by atoms with van der Waals surface area (Å²) in [7, 11) is 0. The summed E-state index contributed by atoms with van der Waals surface area (Å²) in [5.41, 5.74) is 0. The summed E-state index contributed by atoms with van der Waals surface area (Å²) in [6.45, 7) is 3.05. The Morgan fingerprint density at radius 1 is 1.47 bits per heavy atom. The van der Waals surface area contributed by atoms with Crippen molar-refractivity contribution in [1.82, 2.24) is 5.32 Å². The maximum atomic E-state index is 11.6. The Hall–Kier alpha value is -0.810. The van der Waals surface area contributed by atoms with E-state index in [-0.39, 0.29) is 11.9 Å². The topological polar surface area (TPSA) is 51.5 Å². The van der Waals surface area contributed by atoms with E-state index in [9.17, 15) is 4.79 Å². The third-order valence-corrected chi connectivity index (χ3v) is 4.30. The molecule has 0 radical (unpaired) electrons. The minimum atomic E-state index is -0.0327. The summed E-state index contributed by atoms with van der Waals surface area (Å²) >= 11 is 3.44. The van der Waals surface area contributed by atoms with Gasteiger partial charge in [-0.1, -0.05) is 0 Å². The van der Waals surface area contributed by atoms with Gasteiger partial charge in [0.1, 0.15) is 5.76 Å². The molecule has 4 nitrogen and oxygen atoms in total. The molecule has 106 valence electrons. The van der Waals surface area contributed by atoms with E-state index in [0.717, 1.165) is 42.5 Å². The molecular formula is C14H20BrNO3. The van der Waals surface area contributed by atoms with E-state index in [2.05, 4.69) is 21.2 Å². The average Bonchev–Trinajstić information content (AvgIpc) is 2.83. The van der Waals surface area contributed by atoms with Gasteiger partial charge in [0.25, 0.3) is 0 Å². The normalized spacial score (nSPS) is 23.3. The summed E-state index contributed by atoms with van der Waals surface area (Å²) in [4.78, 5) is 11.6. The van der Waals surface area contributed by atoms with E-state index in [1.54, 1.807) is 6.26 Å². The third kappa shape index (κ3) is 4.08. The monoisotopic (exact) mass is 329 g/mol. The number of carbonyl (C=O) groups excluding carboxylic acids is 1. The second kappa shape index (κ2) is 7.10. The molecule has 1 heterocycles. The molecule has 1 aromatic rings. The number of halogens is 1. The van der Waals surface area contributed by atoms with Crippen LogP contribution >= 0.6 is 15.9 Å². The maximum absolute atomic E-state index is 11.6. The second-order valence-electron chi connectivity index (χ2n) is 4.87. The van der Waals surface area contributed by atoms with Gasteiger partial charge in [0, 0.05) is 6.04 Å². The van der Waals surface area contributed by atoms with Crippen LogP contribution in [0.1, 0.15) is 38.4 Å². The molecule has 1 aliphatic rings. The number of ether oxygens (including phenoxy) is 1. The van der Waals surface area contributed by atoms with Gasteiger partial charge in [-0.2, -0.15) is 0 Å². The highest BCUT2D eigenvalue weighted by atomic mass is 79.9. The largest absolute Gasteiger partial charge is 0.467 e. The molecule has 0 aliphatic heterocycles. The van der Waals surface area contributed by atoms with Gasteiger partial charge in [-0.3, -0.25) is 4.79 Å². The van der Waals surface area contributed by atoms with Gasteiger partial charge in [0.15, 0.2) is 0 Å². The number of furan rings is 1. The van der Waals surface area contributed by atoms with Crippen molar-refractivity contribution < 1.29 is 13.9 Å². The van der Waals surface area contributed by atoms with Crippen molar-refractivity contribution in [2.75, 3.05) is 6.61 Å². The summed E-state index contributed by atoms with van der Waals surface area (Å²) < 4.78 is 11.4. The van der Waals surface area contributed by atoms with E-state index in [4.69, 9.17) is 9.15 Å². The molecule has 1 aliphatic carbocycles. The fourth-order valence-electron chi connectivity index (χ4n) is 2.48. The molecule has 1 aromatic heterocycles. The number of hydrogen-bond acceptors (Lipinski definition) is 4. The van der Waals surface area contributed by atoms with Crippen molar-refractivity contribution in [2.45, 2.75) is 45.2 Å². The van der Waals surface area contributed by atoms with E-state index in [1.165, 1.54) is 0 Å². The first-order chi connectivity index (χ1) is 9.20. The highest BCUT2D eigenvalue weighted by Crippen LogP contribution is 2.26. The molecule has 0 saturated heterocycles. The quantitative estimate of drug-likeness (QED) is 0.842. The maximum Gasteiger partial charge on any atom is 0.308 e. The predicted octanol–water partition coefficient (Wildman–Crippen LogP) is 3.25. The van der Waals surface area contributed by atoms with Gasteiger partial charge in [0.05, 0.1) is 29.8 Å². The van der Waals surface area contributed by atoms with Crippen molar-refractivity contribution in [3.63, 3.8) is 0 Å². The fourth-order valence-corrected chi connectivity index (χ4v) is 2.82. The average molecular weight is 330 g/mol. The van der Waals surface area contributed by atoms with Crippen LogP contribution in [-0.2, 0) is 16.1 Å². The predicted molar refractivity (Wildman–Crippen MR) is 75.6 cm³/mol. The summed E-state index contributed by atoms with van der Waals surface area (Å²) in [6, 6.07) is 2.36. The number of nitrogens with one attached hydrogen (secondary N) is 1. The zero-order chi connectivity index (χ0) is 13.7. The van der Waals surface area contributed by atoms with Crippen molar-refractivity contribution in [2.24, 2.45) is 5.92 Å². The number of hydrogen-bond donors (Lipinski definition) is 1. The Labute approximate surface area is 122 Å². The van der Waals surface area contributed by atoms with Crippen LogP contribution in [0.15, 0.2) is 21.2 Å². The zero-order valence-electron chi connectivity index (χ0n) is 11.2. The van der Waals surface area contributed by atoms with Crippen LogP contribution in [0.4, 0.5) is 0 Å². The number of esters is 1. The van der Waals surface area contributed by atoms with E-state index in [1.807, 2.05) is 13.0 Å². The van der Waals surface area contributed by atoms with E-state index < -0.39 is 0 Å². The molecule has 5 heteroatoms. The lowest BCUT2D eigenvalue weighted by Crippen LogP contribution is -2.35. The van der Waals surface area contributed by atoms with Crippen LogP contribution in [0.25, 0.3) is 0 Å². The minimum absolute atomic E-state index is 0.0327. The molecule has 0 spiro atoms. The first-order valence-electron chi connectivity index (χ1n) is 6.82. The van der Waals surface area contributed by atoms with Gasteiger partial charge in [-0.25, -0.2) is 0 Å². The Morgan fingerprint density at radius 2 is 2.21 bits per heavy atom. The van der Waals surface area contributed by atoms with Crippen LogP contribution in [-0.4, -0.2) is 18.6 Å². The highest BCUT2D eigenvalue weighted by Gasteiger charge is 2.27. The summed E-state index contributed by atoms with van der Waals surface area (Å²) in [5, 5.41) is 3.48. The number of carbonyl (C=O) groups is 1. The lowest BCUT2D eigenvalue weighted by atomic mass is 9.86. The molecule has 0 unspecified atom stereocenters. The fraction of sp³-hybridized carbons (Fsp3) is 0.643. The van der Waals surface area contributed by atoms with Gasteiger partial charge >= 0.3 is 5.97 Å². The van der Waals surface area contributed by atoms with Crippen LogP contribution in [0, 0.1) is 5.92 Å². The highest BCUT2D eigenvalue weighted by molar-refractivity contribution is 9.10. The Bertz CT molecular complexity index is 411. The molecule has 0 amide bonds. The molecule has 2 rings (SSSR count). The van der Waals surface area contributed by atoms with Crippen molar-refractivity contribution in [3.8, 4) is 0 Å². The van der Waals surface area contributed by atoms with Crippen LogP contribution in [0.2, 0.25) is 0 Å². The molecule has 1 N–H and O–H groups in total. The van der Waals surface area contributed by atoms with Gasteiger partial charge in [0.2, 0.25) is 0 Å². The molecule has 1 fully saturated rings. The SMILES string of the molecule is CCOC(=O)C1CCC(NCc2occc2Br)CC1. The molecular weight excluding hydrogens is 310 g/mol. The first-order valence-corrected chi connectivity index (χ1v) is 7.62. The van der Waals surface area contributed by atoms with E-state index in [0.29, 0.717) is 12.6 Å². The van der Waals surface area contributed by atoms with Gasteiger partial charge in [-0.05, 0) is 54.6 Å². The number of rotatable bonds is 5. The lowest BCUT2D eigenvalue weighted by molar-refractivity contribution is -0.149. The van der Waals surface area contributed by atoms with Crippen molar-refractivity contribution in [3.05, 3.63) is 22.6 Å². The van der Waals surface area contributed by atoms with Crippen molar-refractivity contribution >= 4 is 21.9 Å². The molecule has 0 atom stereocenters.